The van der Waals surface area contributed by atoms with Crippen LogP contribution in [0.5, 0.6) is 0 Å². The van der Waals surface area contributed by atoms with Gasteiger partial charge in [0.2, 0.25) is 0 Å². The van der Waals surface area contributed by atoms with Crippen molar-refractivity contribution in [1.29, 1.82) is 0 Å². The van der Waals surface area contributed by atoms with Gasteiger partial charge in [-0.15, -0.1) is 0 Å². The molecule has 24 heavy (non-hydrogen) atoms. The van der Waals surface area contributed by atoms with Crippen LogP contribution in [0.25, 0.3) is 11.3 Å². The van der Waals surface area contributed by atoms with Crippen LogP contribution in [0.1, 0.15) is 24.2 Å². The van der Waals surface area contributed by atoms with E-state index in [9.17, 15) is 4.79 Å². The molecule has 0 aliphatic carbocycles. The lowest BCUT2D eigenvalue weighted by atomic mass is 10.00. The Bertz CT molecular complexity index is 679. The van der Waals surface area contributed by atoms with E-state index in [0.29, 0.717) is 12.1 Å². The Labute approximate surface area is 146 Å². The molecule has 0 saturated carbocycles. The minimum atomic E-state index is -0.0710. The number of rotatable bonds is 5. The summed E-state index contributed by atoms with van der Waals surface area (Å²) in [6.07, 6.45) is 1.60. The third-order valence-corrected chi connectivity index (χ3v) is 5.49. The Hall–Kier alpha value is -1.70. The highest BCUT2D eigenvalue weighted by atomic mass is 32.1. The number of likely N-dealkylation sites (N-methyl/N-ethyl adjacent to an activating group) is 1. The molecule has 0 radical (unpaired) electrons. The minimum Gasteiger partial charge on any atom is -0.351 e. The molecule has 1 amide bonds. The maximum Gasteiger partial charge on any atom is 0.255 e. The van der Waals surface area contributed by atoms with Crippen LogP contribution in [0.4, 0.5) is 0 Å². The average molecular weight is 347 g/mol. The van der Waals surface area contributed by atoms with E-state index in [4.69, 9.17) is 0 Å². The van der Waals surface area contributed by atoms with Gasteiger partial charge in [0, 0.05) is 49.2 Å². The van der Waals surface area contributed by atoms with Crippen molar-refractivity contribution in [2.45, 2.75) is 19.4 Å². The average Bonchev–Trinajstić information content (AvgIpc) is 3.20. The molecule has 3 heterocycles. The molecular weight excluding hydrogens is 322 g/mol. The van der Waals surface area contributed by atoms with Gasteiger partial charge in [-0.1, -0.05) is 0 Å². The standard InChI is InChI=1S/C17H25N5OS/c1-17(2)12-22(8-7-21(17)3)6-5-18-16(23)14-10-19-20-15(14)13-4-9-24-11-13/h4,9-11H,5-8,12H2,1-3H3,(H,18,23)(H,19,20). The predicted octanol–water partition coefficient (Wildman–Crippen LogP) is 1.89. The summed E-state index contributed by atoms with van der Waals surface area (Å²) in [5, 5.41) is 14.0. The highest BCUT2D eigenvalue weighted by Crippen LogP contribution is 2.23. The van der Waals surface area contributed by atoms with E-state index in [1.807, 2.05) is 16.8 Å². The molecule has 0 spiro atoms. The number of carbonyl (C=O) groups is 1. The van der Waals surface area contributed by atoms with E-state index >= 15 is 0 Å². The molecule has 7 heteroatoms. The van der Waals surface area contributed by atoms with Crippen molar-refractivity contribution in [3.63, 3.8) is 0 Å². The summed E-state index contributed by atoms with van der Waals surface area (Å²) >= 11 is 1.60. The first-order valence-electron chi connectivity index (χ1n) is 8.25. The molecule has 0 aromatic carbocycles. The third-order valence-electron chi connectivity index (χ3n) is 4.80. The molecule has 6 nitrogen and oxygen atoms in total. The van der Waals surface area contributed by atoms with Gasteiger partial charge in [0.1, 0.15) is 0 Å². The number of hydrogen-bond acceptors (Lipinski definition) is 5. The lowest BCUT2D eigenvalue weighted by Gasteiger charge is -2.45. The van der Waals surface area contributed by atoms with Gasteiger partial charge >= 0.3 is 0 Å². The van der Waals surface area contributed by atoms with Gasteiger partial charge in [0.15, 0.2) is 0 Å². The SMILES string of the molecule is CN1CCN(CCNC(=O)c2cn[nH]c2-c2ccsc2)CC1(C)C. The second-order valence-electron chi connectivity index (χ2n) is 6.94. The topological polar surface area (TPSA) is 64.3 Å². The number of nitrogens with zero attached hydrogens (tertiary/aromatic N) is 3. The number of amides is 1. The van der Waals surface area contributed by atoms with Crippen molar-refractivity contribution in [2.24, 2.45) is 0 Å². The molecule has 1 aliphatic rings. The Kier molecular flexibility index (Phi) is 5.03. The molecule has 0 unspecified atom stereocenters. The normalized spacial score (nSPS) is 18.6. The highest BCUT2D eigenvalue weighted by molar-refractivity contribution is 7.08. The molecule has 2 aromatic rings. The number of H-pyrrole nitrogens is 1. The van der Waals surface area contributed by atoms with Crippen molar-refractivity contribution in [1.82, 2.24) is 25.3 Å². The number of aromatic nitrogens is 2. The molecule has 1 fully saturated rings. The summed E-state index contributed by atoms with van der Waals surface area (Å²) in [6.45, 7) is 9.16. The summed E-state index contributed by atoms with van der Waals surface area (Å²) in [5.74, 6) is -0.0710. The van der Waals surface area contributed by atoms with Gasteiger partial charge < -0.3 is 5.32 Å². The van der Waals surface area contributed by atoms with Crippen molar-refractivity contribution < 1.29 is 4.79 Å². The van der Waals surface area contributed by atoms with Crippen molar-refractivity contribution >= 4 is 17.2 Å². The van der Waals surface area contributed by atoms with Crippen LogP contribution >= 0.6 is 11.3 Å². The third kappa shape index (κ3) is 3.68. The number of thiophene rings is 1. The monoisotopic (exact) mass is 347 g/mol. The summed E-state index contributed by atoms with van der Waals surface area (Å²) in [4.78, 5) is 17.3. The molecule has 2 N–H and O–H groups in total. The van der Waals surface area contributed by atoms with Crippen molar-refractivity contribution in [2.75, 3.05) is 39.8 Å². The second-order valence-corrected chi connectivity index (χ2v) is 7.72. The maximum atomic E-state index is 12.4. The second kappa shape index (κ2) is 7.04. The molecule has 1 aliphatic heterocycles. The van der Waals surface area contributed by atoms with Gasteiger partial charge in [-0.05, 0) is 32.3 Å². The van der Waals surface area contributed by atoms with Crippen LogP contribution in [0.2, 0.25) is 0 Å². The number of aromatic amines is 1. The fourth-order valence-electron chi connectivity index (χ4n) is 3.04. The highest BCUT2D eigenvalue weighted by Gasteiger charge is 2.30. The zero-order valence-corrected chi connectivity index (χ0v) is 15.3. The maximum absolute atomic E-state index is 12.4. The summed E-state index contributed by atoms with van der Waals surface area (Å²) in [6, 6.07) is 1.99. The molecule has 0 bridgehead atoms. The quantitative estimate of drug-likeness (QED) is 0.867. The molecular formula is C17H25N5OS. The van der Waals surface area contributed by atoms with Crippen LogP contribution in [-0.2, 0) is 0 Å². The van der Waals surface area contributed by atoms with Gasteiger partial charge in [0.05, 0.1) is 17.5 Å². The van der Waals surface area contributed by atoms with E-state index in [-0.39, 0.29) is 11.4 Å². The van der Waals surface area contributed by atoms with Crippen LogP contribution in [-0.4, -0.2) is 71.2 Å². The number of piperazine rings is 1. The molecule has 1 saturated heterocycles. The van der Waals surface area contributed by atoms with Crippen LogP contribution in [0.3, 0.4) is 0 Å². The van der Waals surface area contributed by atoms with E-state index in [0.717, 1.165) is 37.4 Å². The molecule has 130 valence electrons. The fraction of sp³-hybridized carbons (Fsp3) is 0.529. The van der Waals surface area contributed by atoms with E-state index in [1.54, 1.807) is 17.5 Å². The Morgan fingerprint density at radius 3 is 3.00 bits per heavy atom. The first kappa shape index (κ1) is 17.1. The largest absolute Gasteiger partial charge is 0.351 e. The lowest BCUT2D eigenvalue weighted by Crippen LogP contribution is -2.58. The molecule has 2 aromatic heterocycles. The zero-order valence-electron chi connectivity index (χ0n) is 14.5. The van der Waals surface area contributed by atoms with Gasteiger partial charge in [-0.25, -0.2) is 0 Å². The Morgan fingerprint density at radius 1 is 1.46 bits per heavy atom. The Morgan fingerprint density at radius 2 is 2.29 bits per heavy atom. The fourth-order valence-corrected chi connectivity index (χ4v) is 3.69. The molecule has 0 atom stereocenters. The number of carbonyl (C=O) groups excluding carboxylic acids is 1. The van der Waals surface area contributed by atoms with E-state index in [2.05, 4.69) is 46.2 Å². The summed E-state index contributed by atoms with van der Waals surface area (Å²) in [5.41, 5.74) is 2.57. The Balaban J connectivity index is 1.53. The first-order chi connectivity index (χ1) is 11.5. The smallest absolute Gasteiger partial charge is 0.255 e. The predicted molar refractivity (Wildman–Crippen MR) is 97.4 cm³/mol. The van der Waals surface area contributed by atoms with E-state index in [1.165, 1.54) is 0 Å². The summed E-state index contributed by atoms with van der Waals surface area (Å²) < 4.78 is 0. The number of nitrogens with one attached hydrogen (secondary N) is 2. The van der Waals surface area contributed by atoms with E-state index < -0.39 is 0 Å². The van der Waals surface area contributed by atoms with Gasteiger partial charge in [0.25, 0.3) is 5.91 Å². The van der Waals surface area contributed by atoms with Crippen molar-refractivity contribution in [3.05, 3.63) is 28.6 Å². The number of hydrogen-bond donors (Lipinski definition) is 2. The minimum absolute atomic E-state index is 0.0710. The van der Waals surface area contributed by atoms with Gasteiger partial charge in [-0.3, -0.25) is 19.7 Å². The lowest BCUT2D eigenvalue weighted by molar-refractivity contribution is 0.0406. The molecule has 3 rings (SSSR count). The zero-order chi connectivity index (χ0) is 17.2. The first-order valence-corrected chi connectivity index (χ1v) is 9.19. The van der Waals surface area contributed by atoms with Crippen LogP contribution in [0.15, 0.2) is 23.0 Å². The van der Waals surface area contributed by atoms with Crippen molar-refractivity contribution in [3.8, 4) is 11.3 Å². The van der Waals surface area contributed by atoms with Crippen LogP contribution in [0, 0.1) is 0 Å². The van der Waals surface area contributed by atoms with Gasteiger partial charge in [-0.2, -0.15) is 16.4 Å². The summed E-state index contributed by atoms with van der Waals surface area (Å²) in [7, 11) is 2.17. The van der Waals surface area contributed by atoms with Crippen LogP contribution < -0.4 is 5.32 Å².